The lowest BCUT2D eigenvalue weighted by molar-refractivity contribution is -0.124. The molecule has 0 spiro atoms. The minimum absolute atomic E-state index is 0.0305. The zero-order valence-electron chi connectivity index (χ0n) is 14.3. The van der Waals surface area contributed by atoms with Crippen molar-refractivity contribution >= 4 is 12.0 Å². The Labute approximate surface area is 146 Å². The summed E-state index contributed by atoms with van der Waals surface area (Å²) >= 11 is 0. The number of imidazole rings is 1. The molecule has 0 saturated carbocycles. The number of carboxylic acid groups (broad SMARTS) is 1. The van der Waals surface area contributed by atoms with Crippen molar-refractivity contribution in [3.05, 3.63) is 53.6 Å². The lowest BCUT2D eigenvalue weighted by atomic mass is 9.89. The van der Waals surface area contributed by atoms with E-state index in [1.54, 1.807) is 6.33 Å². The third-order valence-corrected chi connectivity index (χ3v) is 4.66. The predicted octanol–water partition coefficient (Wildman–Crippen LogP) is 2.02. The van der Waals surface area contributed by atoms with Gasteiger partial charge in [0.25, 0.3) is 0 Å². The number of carbonyl (C=O) groups excluding carboxylic acids is 1. The van der Waals surface area contributed by atoms with E-state index >= 15 is 0 Å². The topological polar surface area (TPSA) is 101 Å². The third kappa shape index (κ3) is 3.09. The maximum absolute atomic E-state index is 11.9. The van der Waals surface area contributed by atoms with Gasteiger partial charge in [0.15, 0.2) is 0 Å². The molecule has 1 aliphatic heterocycles. The van der Waals surface area contributed by atoms with Crippen LogP contribution in [-0.2, 0) is 17.8 Å². The molecule has 0 radical (unpaired) electrons. The molecule has 1 aromatic carbocycles. The number of nitrogens with zero attached hydrogens (tertiary/aromatic N) is 3. The Bertz CT molecular complexity index is 785. The molecule has 2 atom stereocenters. The second-order valence-electron chi connectivity index (χ2n) is 6.69. The number of nitrogens with two attached hydrogens (primary N) is 1. The van der Waals surface area contributed by atoms with E-state index in [-0.39, 0.29) is 12.3 Å². The molecule has 0 fully saturated rings. The number of fused-ring (bicyclic) bond motifs is 1. The van der Waals surface area contributed by atoms with Crippen LogP contribution in [0, 0.1) is 5.92 Å². The number of hydrogen-bond donors (Lipinski definition) is 2. The summed E-state index contributed by atoms with van der Waals surface area (Å²) in [6.45, 7) is 4.46. The number of amides is 2. The van der Waals surface area contributed by atoms with Crippen molar-refractivity contribution < 1.29 is 14.7 Å². The number of hydrogen-bond acceptors (Lipinski definition) is 3. The van der Waals surface area contributed by atoms with Gasteiger partial charge in [0.1, 0.15) is 6.04 Å². The molecule has 2 amide bonds. The predicted molar refractivity (Wildman–Crippen MR) is 91.9 cm³/mol. The Morgan fingerprint density at radius 2 is 2.00 bits per heavy atom. The van der Waals surface area contributed by atoms with Gasteiger partial charge in [-0.3, -0.25) is 9.69 Å². The van der Waals surface area contributed by atoms with Gasteiger partial charge in [-0.15, -0.1) is 0 Å². The van der Waals surface area contributed by atoms with Crippen molar-refractivity contribution in [2.24, 2.45) is 11.7 Å². The van der Waals surface area contributed by atoms with Crippen LogP contribution in [-0.4, -0.2) is 37.6 Å². The van der Waals surface area contributed by atoms with Gasteiger partial charge in [-0.05, 0) is 11.5 Å². The van der Waals surface area contributed by atoms with Gasteiger partial charge < -0.3 is 15.4 Å². The van der Waals surface area contributed by atoms with Crippen LogP contribution in [0.1, 0.15) is 36.8 Å². The molecule has 7 nitrogen and oxygen atoms in total. The van der Waals surface area contributed by atoms with Crippen LogP contribution < -0.4 is 5.73 Å². The Kier molecular flexibility index (Phi) is 4.48. The molecule has 0 bridgehead atoms. The summed E-state index contributed by atoms with van der Waals surface area (Å²) in [4.78, 5) is 29.4. The first-order valence-corrected chi connectivity index (χ1v) is 8.28. The van der Waals surface area contributed by atoms with Crippen molar-refractivity contribution in [2.75, 3.05) is 0 Å². The van der Waals surface area contributed by atoms with Crippen molar-refractivity contribution in [1.82, 2.24) is 14.5 Å². The number of carbonyl (C=O) groups is 2. The highest BCUT2D eigenvalue weighted by molar-refractivity contribution is 5.85. The van der Waals surface area contributed by atoms with E-state index in [1.807, 2.05) is 48.7 Å². The van der Waals surface area contributed by atoms with Gasteiger partial charge in [-0.1, -0.05) is 44.2 Å². The number of rotatable bonds is 4. The Morgan fingerprint density at radius 3 is 2.56 bits per heavy atom. The molecule has 1 aromatic heterocycles. The zero-order valence-corrected chi connectivity index (χ0v) is 14.3. The van der Waals surface area contributed by atoms with Crippen molar-refractivity contribution in [2.45, 2.75) is 38.9 Å². The number of primary amides is 1. The summed E-state index contributed by atoms with van der Waals surface area (Å²) in [6, 6.07) is 8.55. The van der Waals surface area contributed by atoms with E-state index in [0.717, 1.165) is 16.2 Å². The molecule has 0 unspecified atom stereocenters. The van der Waals surface area contributed by atoms with Crippen LogP contribution in [0.15, 0.2) is 36.7 Å². The fourth-order valence-corrected chi connectivity index (χ4v) is 3.54. The summed E-state index contributed by atoms with van der Waals surface area (Å²) < 4.78 is 1.98. The van der Waals surface area contributed by atoms with Crippen LogP contribution in [0.5, 0.6) is 0 Å². The van der Waals surface area contributed by atoms with Crippen LogP contribution in [0.2, 0.25) is 0 Å². The minimum Gasteiger partial charge on any atom is -0.465 e. The lowest BCUT2D eigenvalue weighted by Gasteiger charge is -2.40. The molecular formula is C18H22N4O3. The maximum Gasteiger partial charge on any atom is 0.408 e. The normalized spacial score (nSPS) is 19.7. The molecule has 3 rings (SSSR count). The highest BCUT2D eigenvalue weighted by Crippen LogP contribution is 2.37. The first-order valence-electron chi connectivity index (χ1n) is 8.28. The molecule has 0 saturated heterocycles. The largest absolute Gasteiger partial charge is 0.465 e. The molecule has 0 aliphatic carbocycles. The van der Waals surface area contributed by atoms with Crippen LogP contribution >= 0.6 is 0 Å². The van der Waals surface area contributed by atoms with Crippen molar-refractivity contribution in [3.8, 4) is 0 Å². The summed E-state index contributed by atoms with van der Waals surface area (Å²) in [5.41, 5.74) is 8.22. The number of benzene rings is 1. The van der Waals surface area contributed by atoms with Gasteiger partial charge in [0, 0.05) is 18.7 Å². The summed E-state index contributed by atoms with van der Waals surface area (Å²) in [5.74, 6) is -0.664. The average molecular weight is 342 g/mol. The Balaban J connectivity index is 2.04. The smallest absolute Gasteiger partial charge is 0.408 e. The summed E-state index contributed by atoms with van der Waals surface area (Å²) in [5, 5.41) is 9.63. The first-order chi connectivity index (χ1) is 11.9. The van der Waals surface area contributed by atoms with E-state index in [2.05, 4.69) is 4.98 Å². The second-order valence-corrected chi connectivity index (χ2v) is 6.69. The molecule has 1 aliphatic rings. The SMILES string of the molecule is CC(C)[C@H]1c2ncn(Cc3ccccc3)c2C[C@@H](C(N)=O)N1C(=O)O. The molecule has 7 heteroatoms. The second kappa shape index (κ2) is 6.58. The van der Waals surface area contributed by atoms with Crippen LogP contribution in [0.4, 0.5) is 4.79 Å². The standard InChI is InChI=1S/C18H22N4O3/c1-11(2)16-15-13(8-14(17(19)23)22(16)18(24)25)21(10-20-15)9-12-6-4-3-5-7-12/h3-7,10-11,14,16H,8-9H2,1-2H3,(H2,19,23)(H,24,25)/t14-,16-/m0/s1. The van der Waals surface area contributed by atoms with E-state index < -0.39 is 24.1 Å². The monoisotopic (exact) mass is 342 g/mol. The van der Waals surface area contributed by atoms with Crippen molar-refractivity contribution in [3.63, 3.8) is 0 Å². The third-order valence-electron chi connectivity index (χ3n) is 4.66. The average Bonchev–Trinajstić information content (AvgIpc) is 2.96. The molecule has 3 N–H and O–H groups in total. The highest BCUT2D eigenvalue weighted by atomic mass is 16.4. The molecular weight excluding hydrogens is 320 g/mol. The van der Waals surface area contributed by atoms with Gasteiger partial charge in [0.05, 0.1) is 18.1 Å². The van der Waals surface area contributed by atoms with E-state index in [9.17, 15) is 14.7 Å². The van der Waals surface area contributed by atoms with Gasteiger partial charge in [-0.25, -0.2) is 9.78 Å². The maximum atomic E-state index is 11.9. The van der Waals surface area contributed by atoms with Crippen LogP contribution in [0.3, 0.4) is 0 Å². The first kappa shape index (κ1) is 17.0. The van der Waals surface area contributed by atoms with Crippen LogP contribution in [0.25, 0.3) is 0 Å². The van der Waals surface area contributed by atoms with E-state index in [0.29, 0.717) is 12.2 Å². The fraction of sp³-hybridized carbons (Fsp3) is 0.389. The fourth-order valence-electron chi connectivity index (χ4n) is 3.54. The lowest BCUT2D eigenvalue weighted by Crippen LogP contribution is -2.54. The Hall–Kier alpha value is -2.83. The van der Waals surface area contributed by atoms with Gasteiger partial charge in [-0.2, -0.15) is 0 Å². The zero-order chi connectivity index (χ0) is 18.1. The van der Waals surface area contributed by atoms with Gasteiger partial charge >= 0.3 is 6.09 Å². The molecule has 132 valence electrons. The van der Waals surface area contributed by atoms with E-state index in [4.69, 9.17) is 5.73 Å². The number of aromatic nitrogens is 2. The molecule has 2 heterocycles. The molecule has 25 heavy (non-hydrogen) atoms. The summed E-state index contributed by atoms with van der Waals surface area (Å²) in [7, 11) is 0. The summed E-state index contributed by atoms with van der Waals surface area (Å²) in [6.07, 6.45) is 0.814. The molecule has 2 aromatic rings. The minimum atomic E-state index is -1.15. The Morgan fingerprint density at radius 1 is 1.32 bits per heavy atom. The van der Waals surface area contributed by atoms with Crippen molar-refractivity contribution in [1.29, 1.82) is 0 Å². The quantitative estimate of drug-likeness (QED) is 0.887. The highest BCUT2D eigenvalue weighted by Gasteiger charge is 2.44. The van der Waals surface area contributed by atoms with Gasteiger partial charge in [0.2, 0.25) is 5.91 Å². The van der Waals surface area contributed by atoms with E-state index in [1.165, 1.54) is 0 Å².